The fourth-order valence-electron chi connectivity index (χ4n) is 3.93. The molecule has 192 valence electrons. The van der Waals surface area contributed by atoms with Gasteiger partial charge in [0.15, 0.2) is 19.9 Å². The van der Waals surface area contributed by atoms with Gasteiger partial charge in [-0.05, 0) is 41.7 Å². The topological polar surface area (TPSA) is 82.1 Å². The molecule has 2 aromatic carbocycles. The number of ketones is 2. The maximum absolute atomic E-state index is 13.0. The van der Waals surface area contributed by atoms with Crippen molar-refractivity contribution in [3.8, 4) is 5.75 Å². The molecule has 0 heterocycles. The van der Waals surface area contributed by atoms with Crippen molar-refractivity contribution in [2.24, 2.45) is 0 Å². The zero-order valence-corrected chi connectivity index (χ0v) is 23.2. The van der Waals surface area contributed by atoms with Crippen LogP contribution in [0.4, 0.5) is 0 Å². The molecule has 0 aromatic heterocycles. The van der Waals surface area contributed by atoms with Gasteiger partial charge in [-0.1, -0.05) is 63.3 Å². The van der Waals surface area contributed by atoms with E-state index in [1.54, 1.807) is 6.07 Å². The number of hydrogen-bond donors (Lipinski definition) is 1. The Morgan fingerprint density at radius 3 is 2.28 bits per heavy atom. The molecular weight excluding hydrogens is 472 g/mol. The van der Waals surface area contributed by atoms with E-state index in [2.05, 4.69) is 33.9 Å². The van der Waals surface area contributed by atoms with Crippen LogP contribution >= 0.6 is 0 Å². The predicted molar refractivity (Wildman–Crippen MR) is 143 cm³/mol. The lowest BCUT2D eigenvalue weighted by Gasteiger charge is -2.35. The van der Waals surface area contributed by atoms with E-state index < -0.39 is 26.0 Å². The Bertz CT molecular complexity index is 1190. The smallest absolute Gasteiger partial charge is 0.228 e. The van der Waals surface area contributed by atoms with Crippen LogP contribution in [0, 0.1) is 0 Å². The Kier molecular flexibility index (Phi) is 8.39. The number of Topliss-reactive ketones (excluding diaryl/α,β-unsaturated/α-hetero) is 1. The normalized spacial score (nSPS) is 15.1. The van der Waals surface area contributed by atoms with Crippen LogP contribution in [0.2, 0.25) is 18.1 Å². The molecule has 0 saturated carbocycles. The third kappa shape index (κ3) is 5.53. The van der Waals surface area contributed by atoms with Crippen molar-refractivity contribution in [2.75, 3.05) is 20.8 Å². The number of carbonyl (C=O) groups is 2. The Morgan fingerprint density at radius 2 is 1.69 bits per heavy atom. The summed E-state index contributed by atoms with van der Waals surface area (Å²) < 4.78 is 17.0. The van der Waals surface area contributed by atoms with Crippen LogP contribution in [0.25, 0.3) is 0 Å². The second kappa shape index (κ2) is 10.9. The number of rotatable bonds is 9. The fourth-order valence-corrected chi connectivity index (χ4v) is 4.87. The van der Waals surface area contributed by atoms with Gasteiger partial charge < -0.3 is 19.0 Å². The van der Waals surface area contributed by atoms with Crippen molar-refractivity contribution in [1.29, 1.82) is 0 Å². The van der Waals surface area contributed by atoms with Crippen molar-refractivity contribution < 1.29 is 28.6 Å². The Morgan fingerprint density at radius 1 is 1.03 bits per heavy atom. The fraction of sp³-hybridized carbons (Fsp3) is 0.379. The first-order chi connectivity index (χ1) is 16.9. The SMILES string of the molecule is COC1=CC(=O)c2c(cc(C/C=C/CO[Si](C)(C)C(C)(C)C)c(C(O)c3ccccc3)c2OC)C1=O. The Labute approximate surface area is 214 Å². The highest BCUT2D eigenvalue weighted by molar-refractivity contribution is 6.74. The summed E-state index contributed by atoms with van der Waals surface area (Å²) in [5, 5.41) is 11.5. The maximum atomic E-state index is 13.0. The lowest BCUT2D eigenvalue weighted by molar-refractivity contribution is 0.0914. The van der Waals surface area contributed by atoms with Gasteiger partial charge in [0.25, 0.3) is 0 Å². The average molecular weight is 509 g/mol. The first-order valence-corrected chi connectivity index (χ1v) is 14.9. The third-order valence-corrected chi connectivity index (χ3v) is 11.5. The molecule has 1 aliphatic carbocycles. The second-order valence-corrected chi connectivity index (χ2v) is 15.2. The van der Waals surface area contributed by atoms with Crippen LogP contribution in [0.1, 0.15) is 64.3 Å². The zero-order chi connectivity index (χ0) is 26.7. The van der Waals surface area contributed by atoms with E-state index in [9.17, 15) is 14.7 Å². The molecule has 0 saturated heterocycles. The number of aliphatic hydroxyl groups is 1. The predicted octanol–water partition coefficient (Wildman–Crippen LogP) is 5.81. The first-order valence-electron chi connectivity index (χ1n) is 12.0. The lowest BCUT2D eigenvalue weighted by Crippen LogP contribution is -2.40. The van der Waals surface area contributed by atoms with Crippen LogP contribution < -0.4 is 4.74 Å². The van der Waals surface area contributed by atoms with Gasteiger partial charge in [0.1, 0.15) is 11.9 Å². The molecule has 36 heavy (non-hydrogen) atoms. The van der Waals surface area contributed by atoms with Crippen molar-refractivity contribution >= 4 is 19.9 Å². The van der Waals surface area contributed by atoms with E-state index in [4.69, 9.17) is 13.9 Å². The van der Waals surface area contributed by atoms with Crippen LogP contribution in [0.3, 0.4) is 0 Å². The molecule has 0 aliphatic heterocycles. The molecule has 0 spiro atoms. The molecule has 1 atom stereocenters. The Balaban J connectivity index is 2.05. The highest BCUT2D eigenvalue weighted by Gasteiger charge is 2.37. The standard InChI is InChI=1S/C29H36O6Si/c1-29(2,3)36(6,7)35-16-12-11-15-20-17-21-25(22(30)18-23(33-4)27(21)32)28(34-5)24(20)26(31)19-13-9-8-10-14-19/h8-14,17-18,26,31H,15-16H2,1-7H3/b12-11+. The summed E-state index contributed by atoms with van der Waals surface area (Å²) in [6, 6.07) is 10.8. The van der Waals surface area contributed by atoms with Gasteiger partial charge in [0.05, 0.1) is 26.4 Å². The van der Waals surface area contributed by atoms with Gasteiger partial charge in [-0.3, -0.25) is 9.59 Å². The summed E-state index contributed by atoms with van der Waals surface area (Å²) in [6.07, 6.45) is 4.45. The summed E-state index contributed by atoms with van der Waals surface area (Å²) in [6.45, 7) is 11.5. The molecule has 6 nitrogen and oxygen atoms in total. The van der Waals surface area contributed by atoms with E-state index in [1.165, 1.54) is 20.3 Å². The van der Waals surface area contributed by atoms with Crippen molar-refractivity contribution in [2.45, 2.75) is 51.4 Å². The minimum absolute atomic E-state index is 0.0184. The number of fused-ring (bicyclic) bond motifs is 1. The van der Waals surface area contributed by atoms with Crippen LogP contribution in [-0.2, 0) is 15.6 Å². The molecule has 1 aliphatic rings. The largest absolute Gasteiger partial charge is 0.496 e. The molecule has 0 bridgehead atoms. The number of methoxy groups -OCH3 is 2. The van der Waals surface area contributed by atoms with Gasteiger partial charge in [0, 0.05) is 17.2 Å². The molecular formula is C29H36O6Si. The van der Waals surface area contributed by atoms with Gasteiger partial charge in [-0.25, -0.2) is 0 Å². The molecule has 0 amide bonds. The number of hydrogen-bond acceptors (Lipinski definition) is 6. The summed E-state index contributed by atoms with van der Waals surface area (Å²) >= 11 is 0. The lowest BCUT2D eigenvalue weighted by atomic mass is 9.84. The van der Waals surface area contributed by atoms with Gasteiger partial charge in [-0.15, -0.1) is 0 Å². The number of allylic oxidation sites excluding steroid dienone is 3. The van der Waals surface area contributed by atoms with E-state index in [1.807, 2.05) is 42.5 Å². The number of carbonyl (C=O) groups excluding carboxylic acids is 2. The molecule has 0 radical (unpaired) electrons. The molecule has 1 unspecified atom stereocenters. The van der Waals surface area contributed by atoms with E-state index in [-0.39, 0.29) is 27.7 Å². The van der Waals surface area contributed by atoms with Crippen LogP contribution in [-0.4, -0.2) is 45.8 Å². The molecule has 7 heteroatoms. The number of ether oxygens (including phenoxy) is 2. The summed E-state index contributed by atoms with van der Waals surface area (Å²) in [5.74, 6) is -0.605. The van der Waals surface area contributed by atoms with Crippen LogP contribution in [0.15, 0.2) is 60.4 Å². The highest BCUT2D eigenvalue weighted by atomic mass is 28.4. The molecule has 3 rings (SSSR count). The molecule has 2 aromatic rings. The summed E-state index contributed by atoms with van der Waals surface area (Å²) in [4.78, 5) is 26.0. The average Bonchev–Trinajstić information content (AvgIpc) is 2.84. The highest BCUT2D eigenvalue weighted by Crippen LogP contribution is 2.41. The molecule has 1 N–H and O–H groups in total. The van der Waals surface area contributed by atoms with Gasteiger partial charge in [-0.2, -0.15) is 0 Å². The van der Waals surface area contributed by atoms with Crippen molar-refractivity contribution in [1.82, 2.24) is 0 Å². The maximum Gasteiger partial charge on any atom is 0.228 e. The van der Waals surface area contributed by atoms with Crippen molar-refractivity contribution in [3.05, 3.63) is 88.2 Å². The first kappa shape index (κ1) is 27.6. The summed E-state index contributed by atoms with van der Waals surface area (Å²) in [7, 11) is 0.918. The minimum atomic E-state index is -1.88. The zero-order valence-electron chi connectivity index (χ0n) is 22.2. The van der Waals surface area contributed by atoms with Crippen molar-refractivity contribution in [3.63, 3.8) is 0 Å². The quantitative estimate of drug-likeness (QED) is 0.340. The van der Waals surface area contributed by atoms with E-state index >= 15 is 0 Å². The molecule has 0 fully saturated rings. The van der Waals surface area contributed by atoms with E-state index in [0.717, 1.165) is 0 Å². The monoisotopic (exact) mass is 508 g/mol. The Hall–Kier alpha value is -3.00. The van der Waals surface area contributed by atoms with Gasteiger partial charge >= 0.3 is 0 Å². The number of benzene rings is 2. The van der Waals surface area contributed by atoms with Gasteiger partial charge in [0.2, 0.25) is 5.78 Å². The second-order valence-electron chi connectivity index (χ2n) is 10.4. The van der Waals surface area contributed by atoms with E-state index in [0.29, 0.717) is 29.7 Å². The minimum Gasteiger partial charge on any atom is -0.496 e. The summed E-state index contributed by atoms with van der Waals surface area (Å²) in [5.41, 5.74) is 2.16. The number of aliphatic hydroxyl groups excluding tert-OH is 1. The third-order valence-electron chi connectivity index (χ3n) is 7.05. The van der Waals surface area contributed by atoms with Crippen LogP contribution in [0.5, 0.6) is 5.75 Å².